The van der Waals surface area contributed by atoms with Crippen LogP contribution in [0.2, 0.25) is 0 Å². The molecule has 1 aromatic heterocycles. The predicted molar refractivity (Wildman–Crippen MR) is 62.5 cm³/mol. The first-order valence-electron chi connectivity index (χ1n) is 5.84. The molecule has 0 saturated heterocycles. The molecule has 0 aliphatic carbocycles. The molecule has 0 radical (unpaired) electrons. The lowest BCUT2D eigenvalue weighted by atomic mass is 10.0. The van der Waals surface area contributed by atoms with E-state index in [1.165, 1.54) is 17.1 Å². The Labute approximate surface area is 116 Å². The zero-order valence-electron chi connectivity index (χ0n) is 10.8. The molecular weight excluding hydrogens is 298 g/mol. The Hall–Kier alpha value is -1.99. The van der Waals surface area contributed by atoms with Crippen LogP contribution in [0, 0.1) is 6.92 Å². The minimum absolute atomic E-state index is 0.131. The minimum Gasteiger partial charge on any atom is -0.268 e. The van der Waals surface area contributed by atoms with Crippen LogP contribution in [0.3, 0.4) is 0 Å². The molecular formula is C13H10F6N2. The summed E-state index contributed by atoms with van der Waals surface area (Å²) in [6.45, 7) is 1.46. The summed E-state index contributed by atoms with van der Waals surface area (Å²) in [6.07, 6.45) is -6.71. The Morgan fingerprint density at radius 2 is 1.71 bits per heavy atom. The molecule has 2 rings (SSSR count). The van der Waals surface area contributed by atoms with Crippen LogP contribution < -0.4 is 0 Å². The normalized spacial score (nSPS) is 12.7. The van der Waals surface area contributed by atoms with Gasteiger partial charge in [-0.15, -0.1) is 0 Å². The van der Waals surface area contributed by atoms with E-state index in [1.807, 2.05) is 0 Å². The number of hydrogen-bond acceptors (Lipinski definition) is 1. The molecule has 0 amide bonds. The number of aryl methyl sites for hydroxylation is 1. The molecule has 8 heteroatoms. The van der Waals surface area contributed by atoms with Crippen molar-refractivity contribution in [1.29, 1.82) is 0 Å². The number of nitrogens with zero attached hydrogens (tertiary/aromatic N) is 2. The lowest BCUT2D eigenvalue weighted by Gasteiger charge is -2.16. The molecule has 0 atom stereocenters. The van der Waals surface area contributed by atoms with Crippen LogP contribution in [0.1, 0.15) is 22.3 Å². The van der Waals surface area contributed by atoms with Gasteiger partial charge < -0.3 is 0 Å². The molecule has 0 saturated carbocycles. The molecule has 0 fully saturated rings. The highest BCUT2D eigenvalue weighted by molar-refractivity contribution is 5.35. The quantitative estimate of drug-likeness (QED) is 0.757. The van der Waals surface area contributed by atoms with Crippen LogP contribution in [-0.2, 0) is 18.9 Å². The molecule has 1 heterocycles. The van der Waals surface area contributed by atoms with Crippen molar-refractivity contribution in [1.82, 2.24) is 9.78 Å². The van der Waals surface area contributed by atoms with E-state index in [-0.39, 0.29) is 18.2 Å². The number of halogens is 6. The first-order chi connectivity index (χ1) is 9.57. The summed E-state index contributed by atoms with van der Waals surface area (Å²) < 4.78 is 77.6. The van der Waals surface area contributed by atoms with Gasteiger partial charge >= 0.3 is 12.4 Å². The number of benzene rings is 1. The van der Waals surface area contributed by atoms with Gasteiger partial charge in [-0.1, -0.05) is 6.07 Å². The van der Waals surface area contributed by atoms with Crippen LogP contribution in [0.5, 0.6) is 0 Å². The van der Waals surface area contributed by atoms with Crippen molar-refractivity contribution in [2.45, 2.75) is 25.8 Å². The fraction of sp³-hybridized carbons (Fsp3) is 0.308. The van der Waals surface area contributed by atoms with Gasteiger partial charge in [0.25, 0.3) is 0 Å². The third kappa shape index (κ3) is 3.56. The Morgan fingerprint density at radius 1 is 1.05 bits per heavy atom. The summed E-state index contributed by atoms with van der Waals surface area (Å²) in [5.74, 6) is 0. The van der Waals surface area contributed by atoms with Crippen molar-refractivity contribution in [3.8, 4) is 0 Å². The highest BCUT2D eigenvalue weighted by Crippen LogP contribution is 2.37. The monoisotopic (exact) mass is 308 g/mol. The van der Waals surface area contributed by atoms with Gasteiger partial charge in [0.1, 0.15) is 0 Å². The summed E-state index contributed by atoms with van der Waals surface area (Å²) in [7, 11) is 0. The van der Waals surface area contributed by atoms with Crippen molar-refractivity contribution in [3.05, 3.63) is 52.8 Å². The Balaban J connectivity index is 2.45. The number of rotatable bonds is 2. The fourth-order valence-electron chi connectivity index (χ4n) is 1.88. The summed E-state index contributed by atoms with van der Waals surface area (Å²) in [6, 6.07) is 1.61. The van der Waals surface area contributed by atoms with Crippen molar-refractivity contribution in [2.24, 2.45) is 0 Å². The standard InChI is InChI=1S/C13H10F6N2/c1-8-5-20-21(6-8)7-9-2-3-10(12(14,15)16)4-11(9)13(17,18)19/h2-6H,7H2,1H3. The third-order valence-corrected chi connectivity index (χ3v) is 2.84. The van der Waals surface area contributed by atoms with Gasteiger partial charge in [-0.3, -0.25) is 4.68 Å². The number of aromatic nitrogens is 2. The Bertz CT molecular complexity index is 639. The molecule has 0 aliphatic rings. The smallest absolute Gasteiger partial charge is 0.268 e. The van der Waals surface area contributed by atoms with Gasteiger partial charge in [-0.25, -0.2) is 0 Å². The molecule has 2 nitrogen and oxygen atoms in total. The van der Waals surface area contributed by atoms with Gasteiger partial charge in [-0.2, -0.15) is 31.4 Å². The van der Waals surface area contributed by atoms with Crippen molar-refractivity contribution in [3.63, 3.8) is 0 Å². The average Bonchev–Trinajstić information content (AvgIpc) is 2.72. The van der Waals surface area contributed by atoms with Crippen LogP contribution in [0.15, 0.2) is 30.6 Å². The third-order valence-electron chi connectivity index (χ3n) is 2.84. The van der Waals surface area contributed by atoms with E-state index in [1.54, 1.807) is 6.92 Å². The van der Waals surface area contributed by atoms with E-state index in [0.29, 0.717) is 6.07 Å². The van der Waals surface area contributed by atoms with Crippen LogP contribution in [0.25, 0.3) is 0 Å². The van der Waals surface area contributed by atoms with E-state index in [4.69, 9.17) is 0 Å². The van der Waals surface area contributed by atoms with Crippen molar-refractivity contribution in [2.75, 3.05) is 0 Å². The van der Waals surface area contributed by atoms with Crippen LogP contribution in [0.4, 0.5) is 26.3 Å². The van der Waals surface area contributed by atoms with E-state index < -0.39 is 23.5 Å². The highest BCUT2D eigenvalue weighted by atomic mass is 19.4. The molecule has 0 bridgehead atoms. The summed E-state index contributed by atoms with van der Waals surface area (Å²) >= 11 is 0. The van der Waals surface area contributed by atoms with Crippen LogP contribution in [-0.4, -0.2) is 9.78 Å². The van der Waals surface area contributed by atoms with E-state index in [9.17, 15) is 26.3 Å². The topological polar surface area (TPSA) is 17.8 Å². The molecule has 2 aromatic rings. The van der Waals surface area contributed by atoms with Gasteiger partial charge in [0.15, 0.2) is 0 Å². The highest BCUT2D eigenvalue weighted by Gasteiger charge is 2.38. The second-order valence-corrected chi connectivity index (χ2v) is 4.58. The summed E-state index contributed by atoms with van der Waals surface area (Å²) in [4.78, 5) is 0. The molecule has 21 heavy (non-hydrogen) atoms. The molecule has 0 aliphatic heterocycles. The molecule has 0 spiro atoms. The molecule has 0 N–H and O–H groups in total. The number of hydrogen-bond donors (Lipinski definition) is 0. The maximum atomic E-state index is 12.9. The fourth-order valence-corrected chi connectivity index (χ4v) is 1.88. The molecule has 114 valence electrons. The maximum Gasteiger partial charge on any atom is 0.416 e. The first kappa shape index (κ1) is 15.4. The predicted octanol–water partition coefficient (Wildman–Crippen LogP) is 4.28. The molecule has 0 unspecified atom stereocenters. The summed E-state index contributed by atoms with van der Waals surface area (Å²) in [5.41, 5.74) is -2.14. The van der Waals surface area contributed by atoms with E-state index in [2.05, 4.69) is 5.10 Å². The van der Waals surface area contributed by atoms with Gasteiger partial charge in [0.05, 0.1) is 23.9 Å². The summed E-state index contributed by atoms with van der Waals surface area (Å²) in [5, 5.41) is 3.83. The van der Waals surface area contributed by atoms with E-state index >= 15 is 0 Å². The second-order valence-electron chi connectivity index (χ2n) is 4.58. The van der Waals surface area contributed by atoms with Gasteiger partial charge in [0.2, 0.25) is 0 Å². The van der Waals surface area contributed by atoms with Gasteiger partial charge in [0, 0.05) is 6.20 Å². The Kier molecular flexibility index (Phi) is 3.73. The van der Waals surface area contributed by atoms with E-state index in [0.717, 1.165) is 11.6 Å². The first-order valence-corrected chi connectivity index (χ1v) is 5.84. The van der Waals surface area contributed by atoms with Crippen molar-refractivity contribution < 1.29 is 26.3 Å². The molecule has 1 aromatic carbocycles. The largest absolute Gasteiger partial charge is 0.416 e. The lowest BCUT2D eigenvalue weighted by Crippen LogP contribution is -2.15. The zero-order chi connectivity index (χ0) is 15.8. The average molecular weight is 308 g/mol. The maximum absolute atomic E-state index is 12.9. The Morgan fingerprint density at radius 3 is 2.19 bits per heavy atom. The van der Waals surface area contributed by atoms with Gasteiger partial charge in [-0.05, 0) is 30.2 Å². The van der Waals surface area contributed by atoms with Crippen LogP contribution >= 0.6 is 0 Å². The number of alkyl halides is 6. The lowest BCUT2D eigenvalue weighted by molar-refractivity contribution is -0.143. The minimum atomic E-state index is -4.86. The second kappa shape index (κ2) is 5.09. The SMILES string of the molecule is Cc1cnn(Cc2ccc(C(F)(F)F)cc2C(F)(F)F)c1. The van der Waals surface area contributed by atoms with Crippen molar-refractivity contribution >= 4 is 0 Å². The zero-order valence-corrected chi connectivity index (χ0v) is 10.8.